The van der Waals surface area contributed by atoms with Crippen LogP contribution in [0.3, 0.4) is 0 Å². The van der Waals surface area contributed by atoms with E-state index in [4.69, 9.17) is 42.2 Å². The lowest BCUT2D eigenvalue weighted by atomic mass is 10.1. The average Bonchev–Trinajstić information content (AvgIpc) is 1.63. The maximum atomic E-state index is 15.0. The van der Waals surface area contributed by atoms with E-state index in [1.165, 1.54) is 145 Å². The largest absolute Gasteiger partial charge is 0.494 e. The zero-order chi connectivity index (χ0) is 70.7. The van der Waals surface area contributed by atoms with Crippen LogP contribution < -0.4 is 24.7 Å². The third-order valence-corrected chi connectivity index (χ3v) is 20.0. The van der Waals surface area contributed by atoms with Crippen molar-refractivity contribution in [2.75, 3.05) is 27.1 Å². The SMILES string of the molecule is COc1ccc(-n2cnnn2)c(CCS(=O)(=O)c2cn[nH]c2)c1F.COc1ccc(-n2cnnn2)c(CN)c1F.COc1ccc(-n2cnnn2)c(CNS(=O)(=O)c2cnn(Cc3cn4cc(C5CC5)ccc4n3)c2)c1F.ClCc1cn2cc(C3CC3)ccc2n1.O=S(=O)(Cl)c1cn[nH]c1. The third-order valence-electron chi connectivity index (χ3n) is 15.4. The number of aromatic amines is 2. The molecule has 0 spiro atoms. The van der Waals surface area contributed by atoms with Crippen molar-refractivity contribution in [3.63, 3.8) is 0 Å². The topological polar surface area (TPSA) is 409 Å². The van der Waals surface area contributed by atoms with Gasteiger partial charge in [0.2, 0.25) is 10.0 Å². The number of nitrogens with one attached hydrogen (secondary N) is 3. The maximum absolute atomic E-state index is 15.0. The minimum Gasteiger partial charge on any atom is -0.494 e. The zero-order valence-electron chi connectivity index (χ0n) is 52.8. The molecule has 0 bridgehead atoms. The van der Waals surface area contributed by atoms with Gasteiger partial charge >= 0.3 is 0 Å². The molecule has 3 aromatic carbocycles. The van der Waals surface area contributed by atoms with Crippen LogP contribution in [0, 0.1) is 17.5 Å². The van der Waals surface area contributed by atoms with Crippen molar-refractivity contribution in [1.82, 2.24) is 114 Å². The van der Waals surface area contributed by atoms with Crippen LogP contribution in [0.1, 0.15) is 76.7 Å². The number of ether oxygens (including phenoxy) is 3. The van der Waals surface area contributed by atoms with E-state index in [1.54, 1.807) is 18.2 Å². The number of sulfonamides is 1. The van der Waals surface area contributed by atoms with Crippen molar-refractivity contribution >= 4 is 62.5 Å². The molecule has 10 heterocycles. The van der Waals surface area contributed by atoms with Gasteiger partial charge in [-0.25, -0.2) is 67.2 Å². The summed E-state index contributed by atoms with van der Waals surface area (Å²) >= 11 is 5.74. The van der Waals surface area contributed by atoms with E-state index in [2.05, 4.69) is 122 Å². The van der Waals surface area contributed by atoms with Crippen LogP contribution in [0.2, 0.25) is 0 Å². The number of hydrogen-bond donors (Lipinski definition) is 4. The number of imidazole rings is 2. The van der Waals surface area contributed by atoms with E-state index >= 15 is 4.39 Å². The monoisotopic (exact) mass is 1470 g/mol. The number of rotatable bonds is 21. The van der Waals surface area contributed by atoms with Crippen molar-refractivity contribution < 1.29 is 52.6 Å². The fourth-order valence-electron chi connectivity index (χ4n) is 10.0. The number of H-pyrrole nitrogens is 2. The summed E-state index contributed by atoms with van der Waals surface area (Å²) in [7, 11) is -2.22. The number of aromatic nitrogens is 22. The van der Waals surface area contributed by atoms with Crippen LogP contribution in [-0.4, -0.2) is 162 Å². The molecular weight excluding hydrogens is 1410 g/mol. The van der Waals surface area contributed by atoms with Crippen molar-refractivity contribution in [2.45, 2.75) is 84.1 Å². The second-order valence-electron chi connectivity index (χ2n) is 21.9. The molecule has 0 radical (unpaired) electrons. The first kappa shape index (κ1) is 70.7. The number of nitrogens with zero attached hydrogens (tertiary/aromatic N) is 20. The molecule has 0 saturated heterocycles. The second-order valence-corrected chi connectivity index (χ2v) is 28.6. The fourth-order valence-corrected chi connectivity index (χ4v) is 12.9. The van der Waals surface area contributed by atoms with Gasteiger partial charge in [0, 0.05) is 83.8 Å². The fraction of sp³-hybridized carbons (Fsp3) is 0.254. The van der Waals surface area contributed by atoms with Crippen LogP contribution in [0.25, 0.3) is 28.4 Å². The summed E-state index contributed by atoms with van der Waals surface area (Å²) in [6, 6.07) is 17.5. The van der Waals surface area contributed by atoms with Crippen LogP contribution in [0.4, 0.5) is 13.2 Å². The zero-order valence-corrected chi connectivity index (χ0v) is 56.8. The molecule has 2 aliphatic carbocycles. The lowest BCUT2D eigenvalue weighted by Gasteiger charge is -2.13. The van der Waals surface area contributed by atoms with Crippen molar-refractivity contribution in [1.29, 1.82) is 0 Å². The third kappa shape index (κ3) is 16.9. The Labute approximate surface area is 575 Å². The van der Waals surface area contributed by atoms with E-state index in [1.807, 2.05) is 22.9 Å². The number of pyridine rings is 2. The molecule has 13 aromatic rings. The summed E-state index contributed by atoms with van der Waals surface area (Å²) in [5.41, 5.74) is 13.3. The predicted octanol–water partition coefficient (Wildman–Crippen LogP) is 6.16. The highest BCUT2D eigenvalue weighted by molar-refractivity contribution is 8.13. The van der Waals surface area contributed by atoms with Gasteiger partial charge in [0.1, 0.15) is 45.0 Å². The lowest BCUT2D eigenvalue weighted by molar-refractivity contribution is 0.383. The normalized spacial score (nSPS) is 12.9. The molecule has 2 saturated carbocycles. The Balaban J connectivity index is 0.000000137. The standard InChI is InChI=1S/C23H22FN9O3S.C13H13FN6O3S.C11H11ClN2.C9H10FN5O.C3H3ClN2O2S/c1-36-21-6-5-20(33-14-25-29-30-33)19(23(21)24)9-27-37(34,35)18-8-26-32(13-18)12-17-11-31-10-16(15-2-3-15)4-7-22(31)28-17;1-23-12-3-2-11(20-8-17-18-19-20)10(13(12)14)4-5-24(21,22)9-6-15-16-7-9;12-5-10-7-14-6-9(8-1-2-8)3-4-11(14)13-10;1-16-8-3-2-7(6(4-11)9(8)10)15-5-12-13-14-15;4-9(7,8)3-1-5-6-2-3/h4-8,10-11,13-15,27H,2-3,9,12H2,1H3;2-3,6-8H,4-5H2,1H3,(H,15,16);3-4,6-8H,1-2,5H2;2-3,5H,4,11H2,1H3;1-2H,(H,5,6). The number of hydrogen-bond acceptors (Lipinski definition) is 24. The number of alkyl halides is 1. The van der Waals surface area contributed by atoms with E-state index in [-0.39, 0.29) is 74.0 Å². The Hall–Kier alpha value is -10.6. The number of sulfone groups is 1. The van der Waals surface area contributed by atoms with Crippen LogP contribution in [0.5, 0.6) is 17.2 Å². The van der Waals surface area contributed by atoms with E-state index in [0.717, 1.165) is 34.8 Å². The van der Waals surface area contributed by atoms with Gasteiger partial charge in [0.25, 0.3) is 9.05 Å². The average molecular weight is 1470 g/mol. The summed E-state index contributed by atoms with van der Waals surface area (Å²) in [5.74, 6) is -0.101. The molecule has 0 amide bonds. The molecule has 2 aliphatic rings. The van der Waals surface area contributed by atoms with E-state index < -0.39 is 46.4 Å². The van der Waals surface area contributed by atoms with Crippen LogP contribution in [0.15, 0.2) is 156 Å². The minimum absolute atomic E-state index is 0.0100. The number of nitrogens with two attached hydrogens (primary N) is 1. The van der Waals surface area contributed by atoms with Crippen molar-refractivity contribution in [2.24, 2.45) is 5.73 Å². The highest BCUT2D eigenvalue weighted by Crippen LogP contribution is 2.41. The Bertz CT molecular complexity index is 5260. The molecule has 522 valence electrons. The van der Waals surface area contributed by atoms with Crippen molar-refractivity contribution in [3.8, 4) is 34.3 Å². The summed E-state index contributed by atoms with van der Waals surface area (Å²) in [5, 5.41) is 48.2. The number of halogens is 5. The Morgan fingerprint density at radius 1 is 0.580 bits per heavy atom. The first-order valence-corrected chi connectivity index (χ1v) is 35.8. The highest BCUT2D eigenvalue weighted by Gasteiger charge is 2.27. The van der Waals surface area contributed by atoms with E-state index in [9.17, 15) is 34.0 Å². The summed E-state index contributed by atoms with van der Waals surface area (Å²) in [6.45, 7) is -0.0242. The number of tetrazole rings is 3. The molecule has 15 rings (SSSR count). The van der Waals surface area contributed by atoms with E-state index in [0.29, 0.717) is 35.3 Å². The molecule has 2 fully saturated rings. The molecule has 100 heavy (non-hydrogen) atoms. The molecule has 41 heteroatoms. The Morgan fingerprint density at radius 3 is 1.49 bits per heavy atom. The molecule has 33 nitrogen and oxygen atoms in total. The molecular formula is C59H59Cl2F3N24O9S3. The smallest absolute Gasteiger partial charge is 0.264 e. The molecule has 0 aliphatic heterocycles. The maximum Gasteiger partial charge on any atom is 0.264 e. The summed E-state index contributed by atoms with van der Waals surface area (Å²) in [6.07, 6.45) is 24.7. The predicted molar refractivity (Wildman–Crippen MR) is 350 cm³/mol. The minimum atomic E-state index is -4.01. The molecule has 10 aromatic heterocycles. The molecule has 5 N–H and O–H groups in total. The summed E-state index contributed by atoms with van der Waals surface area (Å²) in [4.78, 5) is 8.97. The molecule has 0 unspecified atom stereocenters. The Kier molecular flexibility index (Phi) is 22.0. The van der Waals surface area contributed by atoms with Gasteiger partial charge < -0.3 is 28.7 Å². The van der Waals surface area contributed by atoms with Gasteiger partial charge in [-0.1, -0.05) is 12.1 Å². The van der Waals surface area contributed by atoms with Gasteiger partial charge in [0.05, 0.1) is 86.5 Å². The van der Waals surface area contributed by atoms with Gasteiger partial charge in [0.15, 0.2) is 44.5 Å². The number of fused-ring (bicyclic) bond motifs is 2. The van der Waals surface area contributed by atoms with Gasteiger partial charge in [-0.2, -0.15) is 15.3 Å². The highest BCUT2D eigenvalue weighted by atomic mass is 35.7. The first-order chi connectivity index (χ1) is 48.2. The van der Waals surface area contributed by atoms with Crippen LogP contribution >= 0.6 is 22.3 Å². The van der Waals surface area contributed by atoms with Gasteiger partial charge in [-0.3, -0.25) is 14.9 Å². The van der Waals surface area contributed by atoms with Gasteiger partial charge in [-0.15, -0.1) is 26.9 Å². The van der Waals surface area contributed by atoms with Gasteiger partial charge in [-0.05, 0) is 135 Å². The van der Waals surface area contributed by atoms with Crippen LogP contribution in [-0.2, 0) is 60.8 Å². The van der Waals surface area contributed by atoms with Crippen molar-refractivity contribution in [3.05, 3.63) is 198 Å². The number of benzene rings is 3. The lowest BCUT2D eigenvalue weighted by Crippen LogP contribution is -2.24. The summed E-state index contributed by atoms with van der Waals surface area (Å²) < 4.78 is 142. The molecule has 0 atom stereocenters. The Morgan fingerprint density at radius 2 is 1.05 bits per heavy atom. The quantitative estimate of drug-likeness (QED) is 0.0462. The first-order valence-electron chi connectivity index (χ1n) is 29.8. The number of methoxy groups -OCH3 is 3. The second kappa shape index (κ2) is 31.1.